The number of nitrogens with zero attached hydrogens (tertiary/aromatic N) is 1. The van der Waals surface area contributed by atoms with Crippen molar-refractivity contribution in [3.05, 3.63) is 69.1 Å². The first-order valence-electron chi connectivity index (χ1n) is 7.11. The minimum absolute atomic E-state index is 0.168. The molecule has 1 fully saturated rings. The van der Waals surface area contributed by atoms with Gasteiger partial charge in [0.1, 0.15) is 0 Å². The van der Waals surface area contributed by atoms with Crippen LogP contribution in [0.5, 0.6) is 0 Å². The van der Waals surface area contributed by atoms with Crippen LogP contribution in [-0.2, 0) is 4.79 Å². The Morgan fingerprint density at radius 2 is 1.78 bits per heavy atom. The molecule has 1 aliphatic rings. The van der Waals surface area contributed by atoms with E-state index in [-0.39, 0.29) is 11.1 Å². The number of halogens is 1. The third kappa shape index (κ3) is 3.19. The van der Waals surface area contributed by atoms with Gasteiger partial charge in [0.2, 0.25) is 0 Å². The fourth-order valence-corrected chi connectivity index (χ4v) is 3.28. The number of aryl methyl sites for hydroxylation is 2. The molecule has 3 nitrogen and oxygen atoms in total. The maximum Gasteiger partial charge on any atom is 0.271 e. The fraction of sp³-hybridized carbons (Fsp3) is 0.111. The molecule has 23 heavy (non-hydrogen) atoms. The van der Waals surface area contributed by atoms with E-state index in [1.807, 2.05) is 44.2 Å². The van der Waals surface area contributed by atoms with Gasteiger partial charge in [-0.25, -0.2) is 0 Å². The van der Waals surface area contributed by atoms with E-state index < -0.39 is 0 Å². The summed E-state index contributed by atoms with van der Waals surface area (Å²) in [5.41, 5.74) is 3.88. The first-order valence-corrected chi connectivity index (χ1v) is 8.30. The average molecular weight is 343 g/mol. The normalized spacial score (nSPS) is 16.5. The molecule has 0 radical (unpaired) electrons. The van der Waals surface area contributed by atoms with Crippen molar-refractivity contribution in [2.24, 2.45) is 0 Å². The van der Waals surface area contributed by atoms with Crippen LogP contribution in [0.25, 0.3) is 6.08 Å². The van der Waals surface area contributed by atoms with Crippen LogP contribution in [0.2, 0.25) is 5.02 Å². The molecule has 0 spiro atoms. The van der Waals surface area contributed by atoms with E-state index >= 15 is 0 Å². The molecule has 1 heterocycles. The predicted octanol–water partition coefficient (Wildman–Crippen LogP) is 5.01. The summed E-state index contributed by atoms with van der Waals surface area (Å²) in [5, 5.41) is 9.01. The number of amidine groups is 1. The van der Waals surface area contributed by atoms with E-state index in [1.54, 1.807) is 18.2 Å². The topological polar surface area (TPSA) is 44.2 Å². The summed E-state index contributed by atoms with van der Waals surface area (Å²) in [4.78, 5) is 14.6. The zero-order valence-corrected chi connectivity index (χ0v) is 14.3. The molecule has 1 amide bonds. The van der Waals surface area contributed by atoms with Gasteiger partial charge >= 0.3 is 0 Å². The summed E-state index contributed by atoms with van der Waals surface area (Å²) in [6.45, 7) is 4.03. The molecule has 2 aromatic rings. The van der Waals surface area contributed by atoms with Gasteiger partial charge in [-0.1, -0.05) is 29.8 Å². The largest absolute Gasteiger partial charge is 0.278 e. The van der Waals surface area contributed by atoms with Crippen LogP contribution in [0.4, 0.5) is 5.69 Å². The number of hydrogen-bond donors (Lipinski definition) is 1. The Morgan fingerprint density at radius 1 is 1.09 bits per heavy atom. The van der Waals surface area contributed by atoms with E-state index in [0.29, 0.717) is 9.93 Å². The third-order valence-electron chi connectivity index (χ3n) is 3.74. The van der Waals surface area contributed by atoms with Crippen molar-refractivity contribution in [3.8, 4) is 0 Å². The molecule has 0 unspecified atom stereocenters. The molecule has 2 aromatic carbocycles. The summed E-state index contributed by atoms with van der Waals surface area (Å²) in [7, 11) is 0. The van der Waals surface area contributed by atoms with Gasteiger partial charge in [0.05, 0.1) is 10.6 Å². The number of nitrogens with one attached hydrogen (secondary N) is 1. The number of benzene rings is 2. The molecule has 1 saturated heterocycles. The second kappa shape index (κ2) is 6.22. The van der Waals surface area contributed by atoms with Gasteiger partial charge in [-0.2, -0.15) is 0 Å². The van der Waals surface area contributed by atoms with Crippen LogP contribution >= 0.6 is 23.4 Å². The summed E-state index contributed by atoms with van der Waals surface area (Å²) in [6.07, 6.45) is 1.79. The number of carbonyl (C=O) groups is 1. The van der Waals surface area contributed by atoms with Crippen molar-refractivity contribution in [1.29, 1.82) is 5.41 Å². The molecule has 1 N–H and O–H groups in total. The standard InChI is InChI=1S/C18H15ClN2OS/c1-11-3-8-15(9-12(11)2)21-17(22)16(23-18(21)20)10-13-4-6-14(19)7-5-13/h3-10,20H,1-2H3. The SMILES string of the molecule is Cc1ccc(N2C(=N)SC(=Cc3ccc(Cl)cc3)C2=O)cc1C. The Kier molecular flexibility index (Phi) is 4.28. The van der Waals surface area contributed by atoms with E-state index in [4.69, 9.17) is 17.0 Å². The number of thioether (sulfide) groups is 1. The van der Waals surface area contributed by atoms with Crippen LogP contribution in [0, 0.1) is 19.3 Å². The zero-order valence-electron chi connectivity index (χ0n) is 12.8. The van der Waals surface area contributed by atoms with Crippen molar-refractivity contribution in [2.45, 2.75) is 13.8 Å². The zero-order chi connectivity index (χ0) is 16.6. The molecule has 0 saturated carbocycles. The second-order valence-electron chi connectivity index (χ2n) is 5.38. The highest BCUT2D eigenvalue weighted by Crippen LogP contribution is 2.35. The molecular formula is C18H15ClN2OS. The van der Waals surface area contributed by atoms with E-state index in [2.05, 4.69) is 0 Å². The molecule has 5 heteroatoms. The maximum atomic E-state index is 12.7. The Labute approximate surface area is 144 Å². The number of carbonyl (C=O) groups excluding carboxylic acids is 1. The van der Waals surface area contributed by atoms with Crippen LogP contribution in [0.1, 0.15) is 16.7 Å². The molecule has 3 rings (SSSR count). The highest BCUT2D eigenvalue weighted by molar-refractivity contribution is 8.19. The van der Waals surface area contributed by atoms with Gasteiger partial charge in [0.15, 0.2) is 5.17 Å². The minimum atomic E-state index is -0.168. The van der Waals surface area contributed by atoms with Crippen molar-refractivity contribution in [3.63, 3.8) is 0 Å². The van der Waals surface area contributed by atoms with Gasteiger partial charge < -0.3 is 0 Å². The summed E-state index contributed by atoms with van der Waals surface area (Å²) in [6, 6.07) is 13.1. The number of rotatable bonds is 2. The molecule has 0 bridgehead atoms. The van der Waals surface area contributed by atoms with Crippen molar-refractivity contribution in [2.75, 3.05) is 4.90 Å². The van der Waals surface area contributed by atoms with Gasteiger partial charge in [0, 0.05) is 5.02 Å². The third-order valence-corrected chi connectivity index (χ3v) is 4.88. The number of hydrogen-bond acceptors (Lipinski definition) is 3. The number of anilines is 1. The first kappa shape index (κ1) is 15.8. The predicted molar refractivity (Wildman–Crippen MR) is 98.1 cm³/mol. The van der Waals surface area contributed by atoms with Crippen LogP contribution in [0.15, 0.2) is 47.4 Å². The van der Waals surface area contributed by atoms with Gasteiger partial charge in [-0.05, 0) is 72.6 Å². The lowest BCUT2D eigenvalue weighted by atomic mass is 10.1. The van der Waals surface area contributed by atoms with Crippen LogP contribution in [0.3, 0.4) is 0 Å². The molecule has 0 aromatic heterocycles. The molecule has 0 atom stereocenters. The quantitative estimate of drug-likeness (QED) is 0.779. The average Bonchev–Trinajstić information content (AvgIpc) is 2.79. The smallest absolute Gasteiger partial charge is 0.271 e. The Balaban J connectivity index is 1.93. The Morgan fingerprint density at radius 3 is 2.43 bits per heavy atom. The van der Waals surface area contributed by atoms with E-state index in [1.165, 1.54) is 16.7 Å². The Bertz CT molecular complexity index is 827. The minimum Gasteiger partial charge on any atom is -0.278 e. The Hall–Kier alpha value is -2.04. The first-order chi connectivity index (χ1) is 11.0. The van der Waals surface area contributed by atoms with Crippen LogP contribution in [-0.4, -0.2) is 11.1 Å². The lowest BCUT2D eigenvalue weighted by molar-refractivity contribution is -0.113. The molecule has 0 aliphatic carbocycles. The van der Waals surface area contributed by atoms with E-state index in [9.17, 15) is 4.79 Å². The molecule has 116 valence electrons. The van der Waals surface area contributed by atoms with Gasteiger partial charge in [-0.15, -0.1) is 0 Å². The maximum absolute atomic E-state index is 12.7. The van der Waals surface area contributed by atoms with Crippen molar-refractivity contribution >= 4 is 46.2 Å². The molecule has 1 aliphatic heterocycles. The summed E-state index contributed by atoms with van der Waals surface area (Å²) in [5.74, 6) is -0.168. The van der Waals surface area contributed by atoms with Crippen LogP contribution < -0.4 is 4.90 Å². The van der Waals surface area contributed by atoms with Crippen molar-refractivity contribution in [1.82, 2.24) is 0 Å². The monoisotopic (exact) mass is 342 g/mol. The van der Waals surface area contributed by atoms with Gasteiger partial charge in [0.25, 0.3) is 5.91 Å². The lowest BCUT2D eigenvalue weighted by Crippen LogP contribution is -2.28. The number of amides is 1. The highest BCUT2D eigenvalue weighted by atomic mass is 35.5. The van der Waals surface area contributed by atoms with Gasteiger partial charge in [-0.3, -0.25) is 15.1 Å². The lowest BCUT2D eigenvalue weighted by Gasteiger charge is -2.15. The fourth-order valence-electron chi connectivity index (χ4n) is 2.30. The van der Waals surface area contributed by atoms with E-state index in [0.717, 1.165) is 22.4 Å². The highest BCUT2D eigenvalue weighted by Gasteiger charge is 2.33. The summed E-state index contributed by atoms with van der Waals surface area (Å²) >= 11 is 7.05. The molecular weight excluding hydrogens is 328 g/mol. The summed E-state index contributed by atoms with van der Waals surface area (Å²) < 4.78 is 0. The second-order valence-corrected chi connectivity index (χ2v) is 6.84. The van der Waals surface area contributed by atoms with Crippen molar-refractivity contribution < 1.29 is 4.79 Å².